The van der Waals surface area contributed by atoms with Gasteiger partial charge < -0.3 is 5.11 Å². The average Bonchev–Trinajstić information content (AvgIpc) is 3.16. The van der Waals surface area contributed by atoms with E-state index in [0.29, 0.717) is 5.69 Å². The van der Waals surface area contributed by atoms with Crippen LogP contribution < -0.4 is 0 Å². The summed E-state index contributed by atoms with van der Waals surface area (Å²) in [6.07, 6.45) is 0. The highest BCUT2D eigenvalue weighted by molar-refractivity contribution is 7.10. The number of hydrogen-bond acceptors (Lipinski definition) is 3. The Balaban J connectivity index is 1.98. The van der Waals surface area contributed by atoms with Crippen molar-refractivity contribution in [3.8, 4) is 0 Å². The van der Waals surface area contributed by atoms with E-state index >= 15 is 0 Å². The van der Waals surface area contributed by atoms with Crippen LogP contribution in [0.1, 0.15) is 16.1 Å². The number of nitrogens with zero attached hydrogens (tertiary/aromatic N) is 1. The SMILES string of the molecule is OC(c1ccccc1)(c1ccc2ccccc2n1)c1cccs1. The molecule has 2 aromatic heterocycles. The van der Waals surface area contributed by atoms with Crippen molar-refractivity contribution in [1.29, 1.82) is 0 Å². The fourth-order valence-corrected chi connectivity index (χ4v) is 3.70. The first kappa shape index (κ1) is 14.1. The maximum absolute atomic E-state index is 11.6. The van der Waals surface area contributed by atoms with Gasteiger partial charge in [-0.1, -0.05) is 60.7 Å². The molecule has 0 radical (unpaired) electrons. The van der Waals surface area contributed by atoms with Gasteiger partial charge in [0.05, 0.1) is 11.2 Å². The van der Waals surface area contributed by atoms with Crippen LogP contribution in [0, 0.1) is 0 Å². The highest BCUT2D eigenvalue weighted by Crippen LogP contribution is 2.38. The number of benzene rings is 2. The quantitative estimate of drug-likeness (QED) is 0.600. The van der Waals surface area contributed by atoms with Gasteiger partial charge in [0, 0.05) is 10.3 Å². The summed E-state index contributed by atoms with van der Waals surface area (Å²) < 4.78 is 0. The van der Waals surface area contributed by atoms with E-state index in [9.17, 15) is 5.11 Å². The van der Waals surface area contributed by atoms with Gasteiger partial charge in [-0.05, 0) is 29.1 Å². The zero-order valence-electron chi connectivity index (χ0n) is 12.4. The van der Waals surface area contributed by atoms with Crippen molar-refractivity contribution in [2.24, 2.45) is 0 Å². The maximum Gasteiger partial charge on any atom is 0.166 e. The van der Waals surface area contributed by atoms with Crippen LogP contribution in [-0.2, 0) is 5.60 Å². The van der Waals surface area contributed by atoms with Gasteiger partial charge in [-0.3, -0.25) is 0 Å². The molecule has 1 atom stereocenters. The number of rotatable bonds is 3. The van der Waals surface area contributed by atoms with Crippen LogP contribution in [0.5, 0.6) is 0 Å². The molecule has 1 N–H and O–H groups in total. The molecule has 4 rings (SSSR count). The maximum atomic E-state index is 11.6. The van der Waals surface area contributed by atoms with Gasteiger partial charge >= 0.3 is 0 Å². The Morgan fingerprint density at radius 1 is 0.783 bits per heavy atom. The Labute approximate surface area is 138 Å². The molecule has 0 saturated heterocycles. The van der Waals surface area contributed by atoms with E-state index in [-0.39, 0.29) is 0 Å². The Morgan fingerprint density at radius 3 is 2.35 bits per heavy atom. The second-order valence-electron chi connectivity index (χ2n) is 5.44. The van der Waals surface area contributed by atoms with Crippen molar-refractivity contribution < 1.29 is 5.11 Å². The molecular weight excluding hydrogens is 302 g/mol. The summed E-state index contributed by atoms with van der Waals surface area (Å²) in [7, 11) is 0. The van der Waals surface area contributed by atoms with E-state index in [1.807, 2.05) is 84.2 Å². The van der Waals surface area contributed by atoms with Crippen LogP contribution in [0.15, 0.2) is 84.2 Å². The first-order chi connectivity index (χ1) is 11.3. The summed E-state index contributed by atoms with van der Waals surface area (Å²) in [6.45, 7) is 0. The smallest absolute Gasteiger partial charge is 0.166 e. The van der Waals surface area contributed by atoms with Crippen molar-refractivity contribution in [2.45, 2.75) is 5.60 Å². The second kappa shape index (κ2) is 5.61. The van der Waals surface area contributed by atoms with Gasteiger partial charge in [0.25, 0.3) is 0 Å². The van der Waals surface area contributed by atoms with Crippen molar-refractivity contribution in [1.82, 2.24) is 4.98 Å². The zero-order valence-corrected chi connectivity index (χ0v) is 13.2. The van der Waals surface area contributed by atoms with Gasteiger partial charge in [0.2, 0.25) is 0 Å². The number of hydrogen-bond donors (Lipinski definition) is 1. The molecule has 0 amide bonds. The molecule has 0 aliphatic heterocycles. The molecule has 1 unspecified atom stereocenters. The van der Waals surface area contributed by atoms with Crippen LogP contribution >= 0.6 is 11.3 Å². The summed E-state index contributed by atoms with van der Waals surface area (Å²) in [5.74, 6) is 0. The molecule has 0 saturated carbocycles. The highest BCUT2D eigenvalue weighted by atomic mass is 32.1. The average molecular weight is 317 g/mol. The minimum atomic E-state index is -1.24. The Bertz CT molecular complexity index is 934. The van der Waals surface area contributed by atoms with Gasteiger partial charge in [-0.2, -0.15) is 0 Å². The summed E-state index contributed by atoms with van der Waals surface area (Å²) in [4.78, 5) is 5.60. The predicted molar refractivity (Wildman–Crippen MR) is 94.6 cm³/mol. The molecule has 0 fully saturated rings. The lowest BCUT2D eigenvalue weighted by Gasteiger charge is -2.27. The summed E-state index contributed by atoms with van der Waals surface area (Å²) >= 11 is 1.53. The molecule has 23 heavy (non-hydrogen) atoms. The number of pyridine rings is 1. The standard InChI is InChI=1S/C20H15NOS/c22-20(19-11-6-14-23-19,16-8-2-1-3-9-16)18-13-12-15-7-4-5-10-17(15)21-18/h1-14,22H. The van der Waals surface area contributed by atoms with E-state index in [2.05, 4.69) is 0 Å². The summed E-state index contributed by atoms with van der Waals surface area (Å²) in [6, 6.07) is 25.5. The second-order valence-corrected chi connectivity index (χ2v) is 6.39. The highest BCUT2D eigenvalue weighted by Gasteiger charge is 2.36. The minimum absolute atomic E-state index is 0.643. The van der Waals surface area contributed by atoms with Crippen molar-refractivity contribution >= 4 is 22.2 Å². The number of aliphatic hydroxyl groups is 1. The van der Waals surface area contributed by atoms with Crippen LogP contribution in [0.4, 0.5) is 0 Å². The van der Waals surface area contributed by atoms with Crippen LogP contribution in [0.25, 0.3) is 10.9 Å². The van der Waals surface area contributed by atoms with Crippen molar-refractivity contribution in [3.05, 3.63) is 100 Å². The van der Waals surface area contributed by atoms with Crippen LogP contribution in [0.2, 0.25) is 0 Å². The number of fused-ring (bicyclic) bond motifs is 1. The Kier molecular flexibility index (Phi) is 3.45. The molecule has 112 valence electrons. The molecule has 0 spiro atoms. The van der Waals surface area contributed by atoms with Crippen LogP contribution in [0.3, 0.4) is 0 Å². The van der Waals surface area contributed by atoms with Crippen LogP contribution in [-0.4, -0.2) is 10.1 Å². The lowest BCUT2D eigenvalue weighted by molar-refractivity contribution is 0.125. The number of para-hydroxylation sites is 1. The van der Waals surface area contributed by atoms with Gasteiger partial charge in [-0.15, -0.1) is 11.3 Å². The third kappa shape index (κ3) is 2.34. The molecule has 2 aromatic carbocycles. The van der Waals surface area contributed by atoms with E-state index in [4.69, 9.17) is 4.98 Å². The molecule has 0 bridgehead atoms. The molecular formula is C20H15NOS. The third-order valence-corrected chi connectivity index (χ3v) is 5.02. The van der Waals surface area contributed by atoms with Crippen molar-refractivity contribution in [3.63, 3.8) is 0 Å². The van der Waals surface area contributed by atoms with Gasteiger partial charge in [0.15, 0.2) is 5.60 Å². The largest absolute Gasteiger partial charge is 0.374 e. The van der Waals surface area contributed by atoms with E-state index in [1.54, 1.807) is 0 Å². The van der Waals surface area contributed by atoms with Gasteiger partial charge in [-0.25, -0.2) is 4.98 Å². The third-order valence-electron chi connectivity index (χ3n) is 4.04. The summed E-state index contributed by atoms with van der Waals surface area (Å²) in [5, 5.41) is 14.7. The molecule has 0 aliphatic carbocycles. The zero-order chi connectivity index (χ0) is 15.7. The van der Waals surface area contributed by atoms with E-state index < -0.39 is 5.60 Å². The van der Waals surface area contributed by atoms with Gasteiger partial charge in [0.1, 0.15) is 0 Å². The summed E-state index contributed by atoms with van der Waals surface area (Å²) in [5.41, 5.74) is 1.12. The topological polar surface area (TPSA) is 33.1 Å². The predicted octanol–water partition coefficient (Wildman–Crippen LogP) is 4.58. The molecule has 2 nitrogen and oxygen atoms in total. The Hall–Kier alpha value is -2.49. The normalized spacial score (nSPS) is 13.8. The molecule has 2 heterocycles. The van der Waals surface area contributed by atoms with E-state index in [0.717, 1.165) is 21.3 Å². The lowest BCUT2D eigenvalue weighted by atomic mass is 9.88. The molecule has 3 heteroatoms. The molecule has 0 aliphatic rings. The van der Waals surface area contributed by atoms with E-state index in [1.165, 1.54) is 11.3 Å². The first-order valence-electron chi connectivity index (χ1n) is 7.46. The fraction of sp³-hybridized carbons (Fsp3) is 0.0500. The molecule has 4 aromatic rings. The number of aromatic nitrogens is 1. The number of thiophene rings is 1. The lowest BCUT2D eigenvalue weighted by Crippen LogP contribution is -2.28. The monoisotopic (exact) mass is 317 g/mol. The fourth-order valence-electron chi connectivity index (χ4n) is 2.85. The van der Waals surface area contributed by atoms with Crippen molar-refractivity contribution in [2.75, 3.05) is 0 Å². The first-order valence-corrected chi connectivity index (χ1v) is 8.34. The Morgan fingerprint density at radius 2 is 1.57 bits per heavy atom. The minimum Gasteiger partial charge on any atom is -0.374 e.